The molecule has 5 rings (SSSR count). The number of anilines is 2. The van der Waals surface area contributed by atoms with Gasteiger partial charge >= 0.3 is 0 Å². The fourth-order valence-corrected chi connectivity index (χ4v) is 6.08. The summed E-state index contributed by atoms with van der Waals surface area (Å²) in [5.74, 6) is 9.17. The van der Waals surface area contributed by atoms with Crippen molar-refractivity contribution < 1.29 is 13.2 Å². The first-order chi connectivity index (χ1) is 16.0. The van der Waals surface area contributed by atoms with E-state index in [9.17, 15) is 8.42 Å². The van der Waals surface area contributed by atoms with E-state index in [2.05, 4.69) is 27.0 Å². The minimum Gasteiger partial charge on any atom is -0.495 e. The number of nitrogens with zero attached hydrogens (tertiary/aromatic N) is 4. The first-order valence-corrected chi connectivity index (χ1v) is 13.7. The number of benzene rings is 1. The summed E-state index contributed by atoms with van der Waals surface area (Å²) in [6.45, 7) is 4.90. The van der Waals surface area contributed by atoms with Gasteiger partial charge in [-0.2, -0.15) is 4.98 Å². The Kier molecular flexibility index (Phi) is 6.30. The lowest BCUT2D eigenvalue weighted by molar-refractivity contribution is 0.383. The summed E-state index contributed by atoms with van der Waals surface area (Å²) in [6.07, 6.45) is 4.81. The summed E-state index contributed by atoms with van der Waals surface area (Å²) in [7, 11) is -1.26. The number of nitrogens with one attached hydrogen (secondary N) is 1. The van der Waals surface area contributed by atoms with Gasteiger partial charge in [0.25, 0.3) is 0 Å². The molecule has 0 radical (unpaired) electrons. The molecule has 3 aliphatic heterocycles. The molecule has 1 aromatic carbocycles. The quantitative estimate of drug-likeness (QED) is 0.668. The van der Waals surface area contributed by atoms with E-state index in [1.54, 1.807) is 7.11 Å². The smallest absolute Gasteiger partial charge is 0.227 e. The zero-order valence-electron chi connectivity index (χ0n) is 19.1. The van der Waals surface area contributed by atoms with Gasteiger partial charge in [0.15, 0.2) is 0 Å². The molecule has 2 aromatic rings. The van der Waals surface area contributed by atoms with Crippen molar-refractivity contribution in [3.8, 4) is 17.6 Å². The van der Waals surface area contributed by atoms with Gasteiger partial charge in [0.2, 0.25) is 5.95 Å². The minimum absolute atomic E-state index is 0.0711. The number of likely N-dealkylation sites (tertiary alicyclic amines) is 1. The molecule has 0 bridgehead atoms. The van der Waals surface area contributed by atoms with Gasteiger partial charge in [-0.05, 0) is 57.3 Å². The van der Waals surface area contributed by atoms with Crippen LogP contribution in [0.15, 0.2) is 12.1 Å². The van der Waals surface area contributed by atoms with Crippen LogP contribution in [0.3, 0.4) is 0 Å². The van der Waals surface area contributed by atoms with E-state index in [0.29, 0.717) is 24.5 Å². The SMILES string of the molecule is COc1cc2c(NC3CCS(=O)(=O)CC3)nc(N3CCC3)nc2cc1C#CCN1CCCC1. The normalized spacial score (nSPS) is 20.8. The number of ether oxygens (including phenoxy) is 1. The first kappa shape index (κ1) is 22.2. The Morgan fingerprint density at radius 3 is 2.52 bits per heavy atom. The van der Waals surface area contributed by atoms with Crippen LogP contribution in [-0.2, 0) is 9.84 Å². The molecule has 0 aliphatic carbocycles. The molecule has 3 saturated heterocycles. The molecule has 8 nitrogen and oxygen atoms in total. The fraction of sp³-hybridized carbons (Fsp3) is 0.583. The Morgan fingerprint density at radius 1 is 1.09 bits per heavy atom. The van der Waals surface area contributed by atoms with E-state index in [1.165, 1.54) is 12.8 Å². The predicted octanol–water partition coefficient (Wildman–Crippen LogP) is 2.28. The molecule has 0 spiro atoms. The van der Waals surface area contributed by atoms with Gasteiger partial charge in [0.1, 0.15) is 21.4 Å². The summed E-state index contributed by atoms with van der Waals surface area (Å²) < 4.78 is 29.4. The molecule has 0 amide bonds. The third kappa shape index (κ3) is 5.02. The maximum absolute atomic E-state index is 11.8. The number of hydrogen-bond donors (Lipinski definition) is 1. The Hall–Kier alpha value is -2.57. The largest absolute Gasteiger partial charge is 0.495 e. The molecular weight excluding hydrogens is 438 g/mol. The Bertz CT molecular complexity index is 1180. The van der Waals surface area contributed by atoms with Crippen LogP contribution in [0, 0.1) is 11.8 Å². The lowest BCUT2D eigenvalue weighted by atomic mass is 10.1. The molecular formula is C24H31N5O3S. The van der Waals surface area contributed by atoms with E-state index in [4.69, 9.17) is 14.7 Å². The first-order valence-electron chi connectivity index (χ1n) is 11.8. The number of sulfone groups is 1. The second-order valence-corrected chi connectivity index (χ2v) is 11.4. The van der Waals surface area contributed by atoms with Crippen molar-refractivity contribution in [3.05, 3.63) is 17.7 Å². The molecule has 0 atom stereocenters. The average Bonchev–Trinajstić information content (AvgIpc) is 3.27. The van der Waals surface area contributed by atoms with E-state index in [1.807, 2.05) is 12.1 Å². The van der Waals surface area contributed by atoms with Crippen LogP contribution in [0.25, 0.3) is 10.9 Å². The molecule has 4 heterocycles. The molecule has 3 aliphatic rings. The van der Waals surface area contributed by atoms with Crippen molar-refractivity contribution in [2.45, 2.75) is 38.1 Å². The summed E-state index contributed by atoms with van der Waals surface area (Å²) in [4.78, 5) is 14.2. The highest BCUT2D eigenvalue weighted by atomic mass is 32.2. The van der Waals surface area contributed by atoms with Crippen LogP contribution in [0.5, 0.6) is 5.75 Å². The zero-order chi connectivity index (χ0) is 22.8. The van der Waals surface area contributed by atoms with Crippen molar-refractivity contribution >= 4 is 32.5 Å². The standard InChI is InChI=1S/C24H31N5O3S/c1-32-22-17-20-21(16-18(22)6-4-11-28-9-2-3-10-28)26-24(29-12-5-13-29)27-23(20)25-19-7-14-33(30,31)15-8-19/h16-17,19H,2-3,5,7-15H2,1H3,(H,25,26,27). The zero-order valence-corrected chi connectivity index (χ0v) is 20.0. The second-order valence-electron chi connectivity index (χ2n) is 9.14. The van der Waals surface area contributed by atoms with E-state index in [0.717, 1.165) is 61.4 Å². The Morgan fingerprint density at radius 2 is 1.85 bits per heavy atom. The molecule has 0 saturated carbocycles. The van der Waals surface area contributed by atoms with Crippen molar-refractivity contribution in [2.24, 2.45) is 0 Å². The highest BCUT2D eigenvalue weighted by Gasteiger charge is 2.26. The van der Waals surface area contributed by atoms with Gasteiger partial charge in [0, 0.05) is 24.5 Å². The van der Waals surface area contributed by atoms with Crippen LogP contribution in [0.2, 0.25) is 0 Å². The number of fused-ring (bicyclic) bond motifs is 1. The summed E-state index contributed by atoms with van der Waals surface area (Å²) in [5, 5.41) is 4.39. The number of hydrogen-bond acceptors (Lipinski definition) is 8. The maximum Gasteiger partial charge on any atom is 0.227 e. The Balaban J connectivity index is 1.48. The third-order valence-corrected chi connectivity index (χ3v) is 8.48. The van der Waals surface area contributed by atoms with E-state index in [-0.39, 0.29) is 17.5 Å². The van der Waals surface area contributed by atoms with Crippen LogP contribution in [0.1, 0.15) is 37.7 Å². The van der Waals surface area contributed by atoms with Gasteiger partial charge in [-0.3, -0.25) is 4.90 Å². The number of rotatable bonds is 5. The molecule has 0 unspecified atom stereocenters. The van der Waals surface area contributed by atoms with E-state index >= 15 is 0 Å². The maximum atomic E-state index is 11.8. The predicted molar refractivity (Wildman–Crippen MR) is 131 cm³/mol. The van der Waals surface area contributed by atoms with Crippen LogP contribution in [-0.4, -0.2) is 80.7 Å². The molecule has 9 heteroatoms. The average molecular weight is 470 g/mol. The second kappa shape index (κ2) is 9.35. The van der Waals surface area contributed by atoms with Gasteiger partial charge in [-0.15, -0.1) is 0 Å². The van der Waals surface area contributed by atoms with Crippen molar-refractivity contribution in [1.29, 1.82) is 0 Å². The van der Waals surface area contributed by atoms with E-state index < -0.39 is 9.84 Å². The summed E-state index contributed by atoms with van der Waals surface area (Å²) in [5.41, 5.74) is 1.65. The van der Waals surface area contributed by atoms with Crippen molar-refractivity contribution in [3.63, 3.8) is 0 Å². The number of methoxy groups -OCH3 is 1. The van der Waals surface area contributed by atoms with Crippen molar-refractivity contribution in [2.75, 3.05) is 61.6 Å². The van der Waals surface area contributed by atoms with Crippen molar-refractivity contribution in [1.82, 2.24) is 14.9 Å². The lowest BCUT2D eigenvalue weighted by Crippen LogP contribution is -2.38. The highest BCUT2D eigenvalue weighted by Crippen LogP contribution is 2.32. The molecule has 3 fully saturated rings. The Labute approximate surface area is 195 Å². The molecule has 176 valence electrons. The van der Waals surface area contributed by atoms with Gasteiger partial charge < -0.3 is 15.0 Å². The topological polar surface area (TPSA) is 87.7 Å². The molecule has 1 aromatic heterocycles. The van der Waals surface area contributed by atoms with Gasteiger partial charge in [0.05, 0.1) is 36.2 Å². The summed E-state index contributed by atoms with van der Waals surface area (Å²) >= 11 is 0. The highest BCUT2D eigenvalue weighted by molar-refractivity contribution is 7.91. The minimum atomic E-state index is -2.92. The van der Waals surface area contributed by atoms with Crippen LogP contribution >= 0.6 is 0 Å². The van der Waals surface area contributed by atoms with Gasteiger partial charge in [-0.25, -0.2) is 13.4 Å². The van der Waals surface area contributed by atoms with Crippen LogP contribution in [0.4, 0.5) is 11.8 Å². The summed E-state index contributed by atoms with van der Waals surface area (Å²) in [6, 6.07) is 4.02. The van der Waals surface area contributed by atoms with Gasteiger partial charge in [-0.1, -0.05) is 11.8 Å². The fourth-order valence-electron chi connectivity index (χ4n) is 4.59. The molecule has 33 heavy (non-hydrogen) atoms. The molecule has 1 N–H and O–H groups in total. The van der Waals surface area contributed by atoms with Crippen LogP contribution < -0.4 is 15.0 Å². The monoisotopic (exact) mass is 469 g/mol. The number of aromatic nitrogens is 2. The third-order valence-electron chi connectivity index (χ3n) is 6.76. The lowest BCUT2D eigenvalue weighted by Gasteiger charge is -2.32.